The molecule has 2 aromatic carbocycles. The van der Waals surface area contributed by atoms with Gasteiger partial charge in [-0.05, 0) is 35.9 Å². The minimum absolute atomic E-state index is 0.340. The van der Waals surface area contributed by atoms with Crippen molar-refractivity contribution in [3.05, 3.63) is 94.9 Å². The number of hydrogen-bond donors (Lipinski definition) is 0. The summed E-state index contributed by atoms with van der Waals surface area (Å²) in [6.07, 6.45) is 5.48. The number of benzene rings is 2. The molecule has 0 radical (unpaired) electrons. The zero-order valence-corrected chi connectivity index (χ0v) is 20.1. The van der Waals surface area contributed by atoms with Crippen LogP contribution < -0.4 is 0 Å². The molecule has 2 aromatic heterocycles. The maximum Gasteiger partial charge on any atom is 0.131 e. The first-order valence-electron chi connectivity index (χ1n) is 10.5. The van der Waals surface area contributed by atoms with Crippen molar-refractivity contribution >= 4 is 23.2 Å². The van der Waals surface area contributed by atoms with Crippen molar-refractivity contribution in [3.63, 3.8) is 0 Å². The summed E-state index contributed by atoms with van der Waals surface area (Å²) < 4.78 is 0. The molecule has 0 aliphatic carbocycles. The Morgan fingerprint density at radius 1 is 0.625 bits per heavy atom. The van der Waals surface area contributed by atoms with E-state index in [0.717, 1.165) is 44.1 Å². The van der Waals surface area contributed by atoms with Crippen LogP contribution in [0.15, 0.2) is 73.2 Å². The molecule has 6 heteroatoms. The van der Waals surface area contributed by atoms with Crippen molar-refractivity contribution in [1.82, 2.24) is 19.9 Å². The highest BCUT2D eigenvalue weighted by molar-refractivity contribution is 6.31. The number of halogens is 2. The van der Waals surface area contributed by atoms with E-state index >= 15 is 0 Å². The SMILES string of the molecule is CC(C)c1ncc(-c2cccc(Cl)c2)cn1.CC(C)c1nccc(-c2ccc(Cl)cc2)n1. The Morgan fingerprint density at radius 2 is 1.28 bits per heavy atom. The summed E-state index contributed by atoms with van der Waals surface area (Å²) in [5.74, 6) is 2.43. The van der Waals surface area contributed by atoms with Crippen LogP contribution >= 0.6 is 23.2 Å². The van der Waals surface area contributed by atoms with E-state index in [4.69, 9.17) is 23.2 Å². The maximum atomic E-state index is 5.94. The summed E-state index contributed by atoms with van der Waals surface area (Å²) in [6, 6.07) is 17.3. The summed E-state index contributed by atoms with van der Waals surface area (Å²) in [4.78, 5) is 17.4. The van der Waals surface area contributed by atoms with Crippen LogP contribution in [-0.2, 0) is 0 Å². The van der Waals surface area contributed by atoms with Gasteiger partial charge in [0.15, 0.2) is 0 Å². The summed E-state index contributed by atoms with van der Waals surface area (Å²) in [5, 5.41) is 1.47. The van der Waals surface area contributed by atoms with Gasteiger partial charge in [0, 0.05) is 51.6 Å². The Morgan fingerprint density at radius 3 is 1.88 bits per heavy atom. The van der Waals surface area contributed by atoms with Gasteiger partial charge in [-0.15, -0.1) is 0 Å². The van der Waals surface area contributed by atoms with Gasteiger partial charge in [-0.25, -0.2) is 19.9 Å². The van der Waals surface area contributed by atoms with Crippen molar-refractivity contribution < 1.29 is 0 Å². The molecule has 4 nitrogen and oxygen atoms in total. The number of nitrogens with zero attached hydrogens (tertiary/aromatic N) is 4. The molecular weight excluding hydrogens is 439 g/mol. The highest BCUT2D eigenvalue weighted by Gasteiger charge is 2.05. The smallest absolute Gasteiger partial charge is 0.131 e. The molecule has 0 spiro atoms. The van der Waals surface area contributed by atoms with Crippen LogP contribution in [-0.4, -0.2) is 19.9 Å². The van der Waals surface area contributed by atoms with Crippen LogP contribution in [0.4, 0.5) is 0 Å². The van der Waals surface area contributed by atoms with E-state index < -0.39 is 0 Å². The van der Waals surface area contributed by atoms with Gasteiger partial charge in [0.05, 0.1) is 5.69 Å². The van der Waals surface area contributed by atoms with E-state index in [1.54, 1.807) is 6.20 Å². The zero-order chi connectivity index (χ0) is 23.1. The average Bonchev–Trinajstić information content (AvgIpc) is 2.80. The molecule has 32 heavy (non-hydrogen) atoms. The van der Waals surface area contributed by atoms with Gasteiger partial charge in [0.2, 0.25) is 0 Å². The summed E-state index contributed by atoms with van der Waals surface area (Å²) in [6.45, 7) is 8.32. The lowest BCUT2D eigenvalue weighted by Gasteiger charge is -2.06. The molecule has 4 rings (SSSR count). The Labute approximate surface area is 199 Å². The van der Waals surface area contributed by atoms with Crippen molar-refractivity contribution in [2.75, 3.05) is 0 Å². The topological polar surface area (TPSA) is 51.6 Å². The predicted molar refractivity (Wildman–Crippen MR) is 133 cm³/mol. The van der Waals surface area contributed by atoms with E-state index in [2.05, 4.69) is 47.6 Å². The molecule has 0 atom stereocenters. The minimum Gasteiger partial charge on any atom is -0.241 e. The molecule has 0 N–H and O–H groups in total. The molecule has 0 fully saturated rings. The second-order valence-corrected chi connectivity index (χ2v) is 8.83. The standard InChI is InChI=1S/2C13H13ClN2/c1-9(2)13-15-8-7-12(16-13)10-3-5-11(14)6-4-10;1-9(2)13-15-7-11(8-16-13)10-4-3-5-12(14)6-10/h2*3-9H,1-2H3. The van der Waals surface area contributed by atoms with Crippen LogP contribution in [0, 0.1) is 0 Å². The van der Waals surface area contributed by atoms with Gasteiger partial charge < -0.3 is 0 Å². The fourth-order valence-corrected chi connectivity index (χ4v) is 3.20. The van der Waals surface area contributed by atoms with E-state index in [0.29, 0.717) is 11.8 Å². The van der Waals surface area contributed by atoms with Crippen LogP contribution in [0.5, 0.6) is 0 Å². The molecule has 0 aliphatic heterocycles. The lowest BCUT2D eigenvalue weighted by molar-refractivity contribution is 0.775. The molecule has 0 saturated heterocycles. The maximum absolute atomic E-state index is 5.94. The number of aromatic nitrogens is 4. The second kappa shape index (κ2) is 11.2. The molecule has 164 valence electrons. The highest BCUT2D eigenvalue weighted by Crippen LogP contribution is 2.22. The Bertz CT molecular complexity index is 1140. The first kappa shape index (κ1) is 23.8. The second-order valence-electron chi connectivity index (χ2n) is 7.96. The minimum atomic E-state index is 0.340. The fraction of sp³-hybridized carbons (Fsp3) is 0.231. The highest BCUT2D eigenvalue weighted by atomic mass is 35.5. The normalized spacial score (nSPS) is 10.8. The fourth-order valence-electron chi connectivity index (χ4n) is 2.89. The third kappa shape index (κ3) is 6.59. The zero-order valence-electron chi connectivity index (χ0n) is 18.6. The first-order chi connectivity index (χ1) is 15.3. The Kier molecular flexibility index (Phi) is 8.32. The van der Waals surface area contributed by atoms with Gasteiger partial charge >= 0.3 is 0 Å². The molecule has 0 saturated carbocycles. The molecule has 0 bridgehead atoms. The van der Waals surface area contributed by atoms with Gasteiger partial charge in [0.1, 0.15) is 11.6 Å². The van der Waals surface area contributed by atoms with Crippen molar-refractivity contribution in [1.29, 1.82) is 0 Å². The number of hydrogen-bond acceptors (Lipinski definition) is 4. The van der Waals surface area contributed by atoms with E-state index in [1.165, 1.54) is 0 Å². The van der Waals surface area contributed by atoms with Crippen molar-refractivity contribution in [3.8, 4) is 22.4 Å². The molecule has 0 amide bonds. The molecule has 4 aromatic rings. The van der Waals surface area contributed by atoms with E-state index in [9.17, 15) is 0 Å². The number of rotatable bonds is 4. The van der Waals surface area contributed by atoms with Crippen molar-refractivity contribution in [2.24, 2.45) is 0 Å². The lowest BCUT2D eigenvalue weighted by Crippen LogP contribution is -1.97. The Hall–Kier alpha value is -2.82. The molecule has 0 aliphatic rings. The largest absolute Gasteiger partial charge is 0.241 e. The van der Waals surface area contributed by atoms with E-state index in [-0.39, 0.29) is 0 Å². The van der Waals surface area contributed by atoms with Gasteiger partial charge in [-0.1, -0.05) is 75.2 Å². The summed E-state index contributed by atoms with van der Waals surface area (Å²) >= 11 is 11.8. The molecule has 0 unspecified atom stereocenters. The quantitative estimate of drug-likeness (QED) is 0.308. The summed E-state index contributed by atoms with van der Waals surface area (Å²) in [7, 11) is 0. The van der Waals surface area contributed by atoms with Gasteiger partial charge in [-0.2, -0.15) is 0 Å². The van der Waals surface area contributed by atoms with Crippen molar-refractivity contribution in [2.45, 2.75) is 39.5 Å². The molecular formula is C26H26Cl2N4. The first-order valence-corrected chi connectivity index (χ1v) is 11.3. The average molecular weight is 465 g/mol. The van der Waals surface area contributed by atoms with Crippen LogP contribution in [0.2, 0.25) is 10.0 Å². The van der Waals surface area contributed by atoms with Crippen LogP contribution in [0.1, 0.15) is 51.2 Å². The third-order valence-corrected chi connectivity index (χ3v) is 5.16. The monoisotopic (exact) mass is 464 g/mol. The van der Waals surface area contributed by atoms with Gasteiger partial charge in [-0.3, -0.25) is 0 Å². The van der Waals surface area contributed by atoms with Gasteiger partial charge in [0.25, 0.3) is 0 Å². The Balaban J connectivity index is 0.000000181. The predicted octanol–water partition coefficient (Wildman–Crippen LogP) is 7.84. The lowest BCUT2D eigenvalue weighted by atomic mass is 10.1. The third-order valence-electron chi connectivity index (χ3n) is 4.68. The van der Waals surface area contributed by atoms with Crippen LogP contribution in [0.3, 0.4) is 0 Å². The van der Waals surface area contributed by atoms with Crippen LogP contribution in [0.25, 0.3) is 22.4 Å². The summed E-state index contributed by atoms with van der Waals surface area (Å²) in [5.41, 5.74) is 4.04. The van der Waals surface area contributed by atoms with E-state index in [1.807, 2.05) is 67.0 Å². The molecule has 2 heterocycles.